The van der Waals surface area contributed by atoms with Gasteiger partial charge in [0.05, 0.1) is 17.3 Å². The van der Waals surface area contributed by atoms with Crippen molar-refractivity contribution in [3.63, 3.8) is 0 Å². The topological polar surface area (TPSA) is 67.4 Å². The van der Waals surface area contributed by atoms with Gasteiger partial charge in [-0.3, -0.25) is 9.48 Å². The number of hydrogen-bond donors (Lipinski definition) is 0. The average Bonchev–Trinajstić information content (AvgIpc) is 3.26. The first kappa shape index (κ1) is 17.9. The second-order valence-electron chi connectivity index (χ2n) is 6.57. The molecule has 3 rings (SSSR count). The fraction of sp³-hybridized carbons (Fsp3) is 0.588. The summed E-state index contributed by atoms with van der Waals surface area (Å²) in [5.41, 5.74) is 1.85. The highest BCUT2D eigenvalue weighted by molar-refractivity contribution is 6.31. The molecule has 0 unspecified atom stereocenters. The average molecular weight is 366 g/mol. The molecule has 0 radical (unpaired) electrons. The van der Waals surface area contributed by atoms with Crippen molar-refractivity contribution in [2.75, 3.05) is 26.2 Å². The highest BCUT2D eigenvalue weighted by atomic mass is 35.5. The molecule has 0 atom stereocenters. The van der Waals surface area contributed by atoms with E-state index in [-0.39, 0.29) is 5.91 Å². The number of rotatable bonds is 6. The van der Waals surface area contributed by atoms with Gasteiger partial charge in [0.25, 0.3) is 5.91 Å². The molecule has 1 fully saturated rings. The van der Waals surface area contributed by atoms with E-state index in [4.69, 9.17) is 16.1 Å². The minimum absolute atomic E-state index is 0.0860. The fourth-order valence-corrected chi connectivity index (χ4v) is 3.50. The van der Waals surface area contributed by atoms with Crippen LogP contribution in [0.5, 0.6) is 0 Å². The highest BCUT2D eigenvalue weighted by Gasteiger charge is 2.25. The molecule has 2 aromatic heterocycles. The lowest BCUT2D eigenvalue weighted by molar-refractivity contribution is 0.0722. The van der Waals surface area contributed by atoms with Crippen LogP contribution in [-0.2, 0) is 13.6 Å². The Morgan fingerprint density at radius 1 is 1.36 bits per heavy atom. The summed E-state index contributed by atoms with van der Waals surface area (Å²) in [6.07, 6.45) is 4.20. The van der Waals surface area contributed by atoms with Gasteiger partial charge < -0.3 is 14.3 Å². The molecule has 0 N–H and O–H groups in total. The summed E-state index contributed by atoms with van der Waals surface area (Å²) in [6, 6.07) is 0. The molecule has 1 aliphatic rings. The van der Waals surface area contributed by atoms with Crippen LogP contribution in [0, 0.1) is 13.8 Å². The van der Waals surface area contributed by atoms with E-state index in [1.165, 1.54) is 12.8 Å². The lowest BCUT2D eigenvalue weighted by Crippen LogP contribution is -2.38. The smallest absolute Gasteiger partial charge is 0.259 e. The summed E-state index contributed by atoms with van der Waals surface area (Å²) in [7, 11) is 1.82. The number of carbonyl (C=O) groups excluding carboxylic acids is 1. The zero-order chi connectivity index (χ0) is 18.0. The molecule has 136 valence electrons. The van der Waals surface area contributed by atoms with E-state index in [2.05, 4.69) is 15.2 Å². The van der Waals surface area contributed by atoms with E-state index >= 15 is 0 Å². The van der Waals surface area contributed by atoms with E-state index in [0.717, 1.165) is 19.6 Å². The molecular formula is C17H24ClN5O2. The summed E-state index contributed by atoms with van der Waals surface area (Å²) in [4.78, 5) is 17.3. The molecule has 1 saturated heterocycles. The molecule has 1 aliphatic heterocycles. The Bertz CT molecular complexity index is 729. The van der Waals surface area contributed by atoms with Crippen molar-refractivity contribution < 1.29 is 9.32 Å². The van der Waals surface area contributed by atoms with Gasteiger partial charge in [0.15, 0.2) is 0 Å². The molecule has 0 aromatic carbocycles. The number of likely N-dealkylation sites (tertiary alicyclic amines) is 1. The second-order valence-corrected chi connectivity index (χ2v) is 6.98. The van der Waals surface area contributed by atoms with E-state index in [1.54, 1.807) is 29.6 Å². The Morgan fingerprint density at radius 2 is 2.08 bits per heavy atom. The maximum atomic E-state index is 13.1. The van der Waals surface area contributed by atoms with Gasteiger partial charge in [0.2, 0.25) is 0 Å². The van der Waals surface area contributed by atoms with Gasteiger partial charge in [-0.15, -0.1) is 0 Å². The molecule has 0 aliphatic carbocycles. The van der Waals surface area contributed by atoms with Gasteiger partial charge in [0, 0.05) is 26.3 Å². The molecule has 25 heavy (non-hydrogen) atoms. The first-order chi connectivity index (χ1) is 12.0. The molecule has 0 spiro atoms. The van der Waals surface area contributed by atoms with Crippen LogP contribution in [0.2, 0.25) is 5.02 Å². The number of hydrogen-bond acceptors (Lipinski definition) is 5. The van der Waals surface area contributed by atoms with Crippen molar-refractivity contribution in [1.29, 1.82) is 0 Å². The molecule has 0 bridgehead atoms. The molecule has 7 nitrogen and oxygen atoms in total. The van der Waals surface area contributed by atoms with Gasteiger partial charge in [-0.25, -0.2) is 0 Å². The third-order valence-electron chi connectivity index (χ3n) is 4.61. The standard InChI is InChI=1S/C17H24ClN5O2/c1-12-16(13(2)25-20-12)17(24)23(9-8-22-6-4-5-7-22)11-15-14(18)10-21(3)19-15/h10H,4-9,11H2,1-3H3. The van der Waals surface area contributed by atoms with Gasteiger partial charge >= 0.3 is 0 Å². The van der Waals surface area contributed by atoms with E-state index in [0.29, 0.717) is 40.8 Å². The number of carbonyl (C=O) groups is 1. The lowest BCUT2D eigenvalue weighted by atomic mass is 10.1. The Kier molecular flexibility index (Phi) is 5.44. The zero-order valence-electron chi connectivity index (χ0n) is 15.0. The minimum Gasteiger partial charge on any atom is -0.361 e. The maximum absolute atomic E-state index is 13.1. The predicted octanol–water partition coefficient (Wildman–Crippen LogP) is 2.42. The highest BCUT2D eigenvalue weighted by Crippen LogP contribution is 2.20. The largest absolute Gasteiger partial charge is 0.361 e. The lowest BCUT2D eigenvalue weighted by Gasteiger charge is -2.25. The van der Waals surface area contributed by atoms with Crippen LogP contribution < -0.4 is 0 Å². The normalized spacial score (nSPS) is 15.0. The minimum atomic E-state index is -0.0860. The van der Waals surface area contributed by atoms with Gasteiger partial charge in [0.1, 0.15) is 17.0 Å². The summed E-state index contributed by atoms with van der Waals surface area (Å²) >= 11 is 6.25. The molecule has 3 heterocycles. The summed E-state index contributed by atoms with van der Waals surface area (Å²) in [5, 5.41) is 8.85. The maximum Gasteiger partial charge on any atom is 0.259 e. The summed E-state index contributed by atoms with van der Waals surface area (Å²) in [6.45, 7) is 7.58. The van der Waals surface area contributed by atoms with Crippen LogP contribution in [0.25, 0.3) is 0 Å². The SMILES string of the molecule is Cc1noc(C)c1C(=O)N(CCN1CCCC1)Cc1nn(C)cc1Cl. The van der Waals surface area contributed by atoms with Gasteiger partial charge in [-0.05, 0) is 39.8 Å². The van der Waals surface area contributed by atoms with E-state index in [1.807, 2.05) is 7.05 Å². The fourth-order valence-electron chi connectivity index (χ4n) is 3.26. The molecular weight excluding hydrogens is 342 g/mol. The number of halogens is 1. The van der Waals surface area contributed by atoms with Crippen LogP contribution in [0.4, 0.5) is 0 Å². The molecule has 2 aromatic rings. The first-order valence-corrected chi connectivity index (χ1v) is 8.96. The predicted molar refractivity (Wildman–Crippen MR) is 94.6 cm³/mol. The van der Waals surface area contributed by atoms with Crippen molar-refractivity contribution in [2.45, 2.75) is 33.2 Å². The Hall–Kier alpha value is -1.86. The quantitative estimate of drug-likeness (QED) is 0.786. The third kappa shape index (κ3) is 4.04. The summed E-state index contributed by atoms with van der Waals surface area (Å²) in [5.74, 6) is 0.456. The third-order valence-corrected chi connectivity index (χ3v) is 4.93. The Labute approximate surface area is 152 Å². The van der Waals surface area contributed by atoms with Crippen molar-refractivity contribution in [3.8, 4) is 0 Å². The number of nitrogens with zero attached hydrogens (tertiary/aromatic N) is 5. The van der Waals surface area contributed by atoms with Crippen LogP contribution in [0.1, 0.15) is 40.3 Å². The number of amides is 1. The van der Waals surface area contributed by atoms with Crippen molar-refractivity contribution >= 4 is 17.5 Å². The second kappa shape index (κ2) is 7.58. The van der Waals surface area contributed by atoms with E-state index < -0.39 is 0 Å². The van der Waals surface area contributed by atoms with Crippen molar-refractivity contribution in [2.24, 2.45) is 7.05 Å². The first-order valence-electron chi connectivity index (χ1n) is 8.58. The Balaban J connectivity index is 1.79. The Morgan fingerprint density at radius 3 is 2.64 bits per heavy atom. The number of aromatic nitrogens is 3. The van der Waals surface area contributed by atoms with Crippen LogP contribution in [0.15, 0.2) is 10.7 Å². The zero-order valence-corrected chi connectivity index (χ0v) is 15.7. The number of aryl methyl sites for hydroxylation is 3. The molecule has 8 heteroatoms. The van der Waals surface area contributed by atoms with Gasteiger partial charge in [-0.1, -0.05) is 16.8 Å². The molecule has 0 saturated carbocycles. The van der Waals surface area contributed by atoms with Crippen LogP contribution in [0.3, 0.4) is 0 Å². The van der Waals surface area contributed by atoms with Crippen molar-refractivity contribution in [1.82, 2.24) is 24.7 Å². The monoisotopic (exact) mass is 365 g/mol. The molecule has 1 amide bonds. The van der Waals surface area contributed by atoms with Crippen LogP contribution in [-0.4, -0.2) is 56.8 Å². The van der Waals surface area contributed by atoms with E-state index in [9.17, 15) is 4.79 Å². The van der Waals surface area contributed by atoms with Crippen LogP contribution >= 0.6 is 11.6 Å². The van der Waals surface area contributed by atoms with Crippen molar-refractivity contribution in [3.05, 3.63) is 33.9 Å². The van der Waals surface area contributed by atoms with Gasteiger partial charge in [-0.2, -0.15) is 5.10 Å². The summed E-state index contributed by atoms with van der Waals surface area (Å²) < 4.78 is 6.83.